The van der Waals surface area contributed by atoms with Crippen LogP contribution in [0.15, 0.2) is 24.5 Å². The van der Waals surface area contributed by atoms with Gasteiger partial charge in [0.15, 0.2) is 0 Å². The Morgan fingerprint density at radius 1 is 1.32 bits per heavy atom. The molecule has 0 amide bonds. The number of anilines is 1. The molecule has 100 valence electrons. The number of nitrogens with zero attached hydrogens (tertiary/aromatic N) is 2. The van der Waals surface area contributed by atoms with Crippen molar-refractivity contribution in [2.24, 2.45) is 0 Å². The van der Waals surface area contributed by atoms with E-state index < -0.39 is 0 Å². The molecular formula is C15H19N3O. The smallest absolute Gasteiger partial charge is 0.137 e. The Bertz CT molecular complexity index is 609. The Morgan fingerprint density at radius 3 is 2.89 bits per heavy atom. The molecule has 0 aliphatic carbocycles. The number of aryl methyl sites for hydroxylation is 1. The summed E-state index contributed by atoms with van der Waals surface area (Å²) in [6, 6.07) is 6.52. The van der Waals surface area contributed by atoms with Crippen LogP contribution in [0.1, 0.15) is 25.8 Å². The fraction of sp³-hybridized carbons (Fsp3) is 0.467. The summed E-state index contributed by atoms with van der Waals surface area (Å²) in [6.07, 6.45) is 2.62. The van der Waals surface area contributed by atoms with Crippen LogP contribution in [0.5, 0.6) is 0 Å². The van der Waals surface area contributed by atoms with E-state index in [1.54, 1.807) is 6.33 Å². The first kappa shape index (κ1) is 12.4. The highest BCUT2D eigenvalue weighted by Crippen LogP contribution is 2.29. The molecule has 1 atom stereocenters. The van der Waals surface area contributed by atoms with Gasteiger partial charge in [0.05, 0.1) is 17.2 Å². The highest BCUT2D eigenvalue weighted by Gasteiger charge is 2.36. The van der Waals surface area contributed by atoms with Gasteiger partial charge in [0.25, 0.3) is 0 Å². The lowest BCUT2D eigenvalue weighted by atomic mass is 9.99. The van der Waals surface area contributed by atoms with Crippen LogP contribution < -0.4 is 5.32 Å². The topological polar surface area (TPSA) is 47.0 Å². The van der Waals surface area contributed by atoms with Gasteiger partial charge in [-0.3, -0.25) is 0 Å². The molecular weight excluding hydrogens is 238 g/mol. The van der Waals surface area contributed by atoms with Gasteiger partial charge in [0, 0.05) is 12.0 Å². The first-order chi connectivity index (χ1) is 9.06. The second-order valence-corrected chi connectivity index (χ2v) is 5.68. The summed E-state index contributed by atoms with van der Waals surface area (Å²) in [7, 11) is 0. The van der Waals surface area contributed by atoms with Crippen molar-refractivity contribution in [1.82, 2.24) is 9.97 Å². The van der Waals surface area contributed by atoms with E-state index in [0.29, 0.717) is 0 Å². The maximum absolute atomic E-state index is 5.76. The van der Waals surface area contributed by atoms with Gasteiger partial charge in [0.2, 0.25) is 0 Å². The SMILES string of the molecule is Cc1ccc2ncnc(NC3CCOC3(C)C)c2c1. The molecule has 3 rings (SSSR count). The van der Waals surface area contributed by atoms with E-state index in [-0.39, 0.29) is 11.6 Å². The third-order valence-corrected chi connectivity index (χ3v) is 3.82. The lowest BCUT2D eigenvalue weighted by Gasteiger charge is -2.27. The molecule has 0 bridgehead atoms. The summed E-state index contributed by atoms with van der Waals surface area (Å²) in [5.41, 5.74) is 2.04. The van der Waals surface area contributed by atoms with Gasteiger partial charge in [0.1, 0.15) is 12.1 Å². The van der Waals surface area contributed by atoms with Gasteiger partial charge in [-0.25, -0.2) is 9.97 Å². The fourth-order valence-electron chi connectivity index (χ4n) is 2.58. The molecule has 0 radical (unpaired) electrons. The van der Waals surface area contributed by atoms with Gasteiger partial charge in [-0.05, 0) is 39.3 Å². The van der Waals surface area contributed by atoms with Crippen LogP contribution in [-0.2, 0) is 4.74 Å². The lowest BCUT2D eigenvalue weighted by Crippen LogP contribution is -2.38. The van der Waals surface area contributed by atoms with Crippen LogP contribution in [0.25, 0.3) is 10.9 Å². The van der Waals surface area contributed by atoms with Crippen LogP contribution >= 0.6 is 0 Å². The van der Waals surface area contributed by atoms with E-state index in [9.17, 15) is 0 Å². The maximum Gasteiger partial charge on any atom is 0.137 e. The summed E-state index contributed by atoms with van der Waals surface area (Å²) in [5, 5.41) is 4.60. The molecule has 1 N–H and O–H groups in total. The molecule has 1 aliphatic heterocycles. The lowest BCUT2D eigenvalue weighted by molar-refractivity contribution is 0.0314. The van der Waals surface area contributed by atoms with E-state index in [1.807, 2.05) is 6.07 Å². The number of hydrogen-bond acceptors (Lipinski definition) is 4. The predicted molar refractivity (Wildman–Crippen MR) is 76.3 cm³/mol. The molecule has 1 fully saturated rings. The summed E-state index contributed by atoms with van der Waals surface area (Å²) >= 11 is 0. The van der Waals surface area contributed by atoms with Gasteiger partial charge in [-0.15, -0.1) is 0 Å². The van der Waals surface area contributed by atoms with Crippen molar-refractivity contribution in [1.29, 1.82) is 0 Å². The van der Waals surface area contributed by atoms with E-state index in [2.05, 4.69) is 48.2 Å². The number of hydrogen-bond donors (Lipinski definition) is 1. The quantitative estimate of drug-likeness (QED) is 0.898. The Morgan fingerprint density at radius 2 is 2.16 bits per heavy atom. The van der Waals surface area contributed by atoms with Crippen molar-refractivity contribution in [2.45, 2.75) is 38.8 Å². The van der Waals surface area contributed by atoms with Crippen molar-refractivity contribution in [2.75, 3.05) is 11.9 Å². The number of fused-ring (bicyclic) bond motifs is 1. The Balaban J connectivity index is 1.99. The first-order valence-corrected chi connectivity index (χ1v) is 6.68. The Hall–Kier alpha value is -1.68. The normalized spacial score (nSPS) is 21.7. The molecule has 19 heavy (non-hydrogen) atoms. The summed E-state index contributed by atoms with van der Waals surface area (Å²) in [4.78, 5) is 8.71. The third kappa shape index (κ3) is 2.28. The standard InChI is InChI=1S/C15H19N3O/c1-10-4-5-12-11(8-10)14(17-9-16-12)18-13-6-7-19-15(13,2)3/h4-5,8-9,13H,6-7H2,1-3H3,(H,16,17,18). The number of nitrogens with one attached hydrogen (secondary N) is 1. The van der Waals surface area contributed by atoms with Crippen molar-refractivity contribution >= 4 is 16.7 Å². The molecule has 0 saturated carbocycles. The van der Waals surface area contributed by atoms with Crippen LogP contribution in [-0.4, -0.2) is 28.2 Å². The molecule has 2 heterocycles. The zero-order chi connectivity index (χ0) is 13.5. The average Bonchev–Trinajstić information content (AvgIpc) is 2.69. The van der Waals surface area contributed by atoms with Gasteiger partial charge in [-0.2, -0.15) is 0 Å². The molecule has 2 aromatic rings. The second-order valence-electron chi connectivity index (χ2n) is 5.68. The third-order valence-electron chi connectivity index (χ3n) is 3.82. The van der Waals surface area contributed by atoms with Gasteiger partial charge in [-0.1, -0.05) is 11.6 Å². The van der Waals surface area contributed by atoms with Crippen LogP contribution in [0, 0.1) is 6.92 Å². The monoisotopic (exact) mass is 257 g/mol. The molecule has 1 aromatic heterocycles. The molecule has 1 saturated heterocycles. The molecule has 1 aromatic carbocycles. The molecule has 0 spiro atoms. The van der Waals surface area contributed by atoms with E-state index in [1.165, 1.54) is 5.56 Å². The van der Waals surface area contributed by atoms with Crippen LogP contribution in [0.2, 0.25) is 0 Å². The predicted octanol–water partition coefficient (Wildman–Crippen LogP) is 2.92. The van der Waals surface area contributed by atoms with Crippen molar-refractivity contribution in [3.63, 3.8) is 0 Å². The average molecular weight is 257 g/mol. The number of benzene rings is 1. The molecule has 1 unspecified atom stereocenters. The first-order valence-electron chi connectivity index (χ1n) is 6.68. The minimum Gasteiger partial charge on any atom is -0.373 e. The van der Waals surface area contributed by atoms with E-state index >= 15 is 0 Å². The summed E-state index contributed by atoms with van der Waals surface area (Å²) < 4.78 is 5.76. The van der Waals surface area contributed by atoms with Gasteiger partial charge < -0.3 is 10.1 Å². The minimum absolute atomic E-state index is 0.152. The minimum atomic E-state index is -0.152. The molecule has 1 aliphatic rings. The largest absolute Gasteiger partial charge is 0.373 e. The number of ether oxygens (including phenoxy) is 1. The Labute approximate surface area is 113 Å². The molecule has 4 nitrogen and oxygen atoms in total. The number of aromatic nitrogens is 2. The summed E-state index contributed by atoms with van der Waals surface area (Å²) in [6.45, 7) is 7.12. The maximum atomic E-state index is 5.76. The highest BCUT2D eigenvalue weighted by atomic mass is 16.5. The van der Waals surface area contributed by atoms with Crippen LogP contribution in [0.3, 0.4) is 0 Å². The van der Waals surface area contributed by atoms with Crippen LogP contribution in [0.4, 0.5) is 5.82 Å². The van der Waals surface area contributed by atoms with Crippen molar-refractivity contribution in [3.8, 4) is 0 Å². The van der Waals surface area contributed by atoms with E-state index in [4.69, 9.17) is 4.74 Å². The fourth-order valence-corrected chi connectivity index (χ4v) is 2.58. The zero-order valence-corrected chi connectivity index (χ0v) is 11.6. The summed E-state index contributed by atoms with van der Waals surface area (Å²) in [5.74, 6) is 0.900. The van der Waals surface area contributed by atoms with E-state index in [0.717, 1.165) is 29.7 Å². The second kappa shape index (κ2) is 4.46. The van der Waals surface area contributed by atoms with Gasteiger partial charge >= 0.3 is 0 Å². The number of rotatable bonds is 2. The highest BCUT2D eigenvalue weighted by molar-refractivity contribution is 5.89. The van der Waals surface area contributed by atoms with Crippen molar-refractivity contribution in [3.05, 3.63) is 30.1 Å². The Kier molecular flexibility index (Phi) is 2.90. The molecule has 4 heteroatoms. The van der Waals surface area contributed by atoms with Crippen molar-refractivity contribution < 1.29 is 4.74 Å². The zero-order valence-electron chi connectivity index (χ0n) is 11.6.